The van der Waals surface area contributed by atoms with Gasteiger partial charge in [-0.05, 0) is 62.6 Å². The van der Waals surface area contributed by atoms with Crippen molar-refractivity contribution in [1.82, 2.24) is 0 Å². The highest BCUT2D eigenvalue weighted by Gasteiger charge is 2.63. The molecule has 3 aliphatic rings. The fourth-order valence-corrected chi connectivity index (χ4v) is 5.35. The Morgan fingerprint density at radius 2 is 1.54 bits per heavy atom. The lowest BCUT2D eigenvalue weighted by Gasteiger charge is -2.19. The molecule has 1 heterocycles. The van der Waals surface area contributed by atoms with Crippen molar-refractivity contribution in [1.29, 1.82) is 0 Å². The Morgan fingerprint density at radius 3 is 2.00 bits per heavy atom. The van der Waals surface area contributed by atoms with Gasteiger partial charge in [0, 0.05) is 0 Å². The molecule has 24 heavy (non-hydrogen) atoms. The van der Waals surface area contributed by atoms with Gasteiger partial charge in [0.05, 0.1) is 17.5 Å². The third-order valence-electron chi connectivity index (χ3n) is 6.16. The molecule has 3 fully saturated rings. The molecule has 1 aromatic rings. The first kappa shape index (κ1) is 15.6. The third-order valence-corrected chi connectivity index (χ3v) is 6.16. The van der Waals surface area contributed by atoms with Crippen LogP contribution in [0.4, 0.5) is 5.69 Å². The van der Waals surface area contributed by atoms with Crippen LogP contribution in [0.3, 0.4) is 0 Å². The number of carbonyl (C=O) groups excluding carboxylic acids is 2. The number of carbonyl (C=O) groups is 2. The molecular formula is C21H25NO2. The Kier molecular flexibility index (Phi) is 3.63. The van der Waals surface area contributed by atoms with Crippen LogP contribution >= 0.6 is 0 Å². The van der Waals surface area contributed by atoms with E-state index >= 15 is 0 Å². The Balaban J connectivity index is 1.67. The topological polar surface area (TPSA) is 37.4 Å². The minimum Gasteiger partial charge on any atom is -0.274 e. The molecule has 126 valence electrons. The minimum atomic E-state index is -0.114. The molecule has 1 saturated heterocycles. The van der Waals surface area contributed by atoms with Crippen LogP contribution in [0, 0.1) is 23.7 Å². The summed E-state index contributed by atoms with van der Waals surface area (Å²) in [5.74, 6) is 0.419. The number of nitrogens with zero attached hydrogens (tertiary/aromatic N) is 1. The van der Waals surface area contributed by atoms with Gasteiger partial charge in [0.25, 0.3) is 0 Å². The molecule has 2 saturated carbocycles. The van der Waals surface area contributed by atoms with Gasteiger partial charge in [-0.15, -0.1) is 0 Å². The number of aryl methyl sites for hydroxylation is 1. The molecule has 0 unspecified atom stereocenters. The van der Waals surface area contributed by atoms with Crippen LogP contribution in [0.1, 0.15) is 45.6 Å². The summed E-state index contributed by atoms with van der Waals surface area (Å²) in [4.78, 5) is 27.6. The highest BCUT2D eigenvalue weighted by Crippen LogP contribution is 2.60. The molecule has 0 spiro atoms. The molecule has 0 N–H and O–H groups in total. The number of rotatable bonds is 3. The number of imide groups is 1. The molecule has 2 bridgehead atoms. The molecule has 2 amide bonds. The second kappa shape index (κ2) is 5.58. The maximum Gasteiger partial charge on any atom is 0.238 e. The van der Waals surface area contributed by atoms with Gasteiger partial charge in [-0.1, -0.05) is 36.6 Å². The van der Waals surface area contributed by atoms with E-state index in [1.165, 1.54) is 21.6 Å². The summed E-state index contributed by atoms with van der Waals surface area (Å²) in [6.07, 6.45) is 4.25. The van der Waals surface area contributed by atoms with Gasteiger partial charge in [0.2, 0.25) is 11.8 Å². The Hall–Kier alpha value is -1.90. The largest absolute Gasteiger partial charge is 0.274 e. The van der Waals surface area contributed by atoms with Crippen LogP contribution in [-0.2, 0) is 16.0 Å². The molecule has 0 radical (unpaired) electrons. The van der Waals surface area contributed by atoms with Crippen molar-refractivity contribution in [2.75, 3.05) is 4.90 Å². The highest BCUT2D eigenvalue weighted by molar-refractivity contribution is 6.23. The molecule has 1 aliphatic heterocycles. The number of benzene rings is 1. The Bertz CT molecular complexity index is 695. The summed E-state index contributed by atoms with van der Waals surface area (Å²) in [6, 6.07) is 7.96. The molecule has 4 rings (SSSR count). The van der Waals surface area contributed by atoms with Crippen LogP contribution in [0.2, 0.25) is 0 Å². The first-order chi connectivity index (χ1) is 11.5. The predicted octanol–water partition coefficient (Wildman–Crippen LogP) is 4.12. The van der Waals surface area contributed by atoms with E-state index in [2.05, 4.69) is 20.8 Å². The number of hydrogen-bond donors (Lipinski definition) is 0. The standard InChI is InChI=1S/C21H25NO2/c1-4-5-13-6-8-14(9-7-13)22-20(23)18-15-10-11-16(17(15)12(2)3)19(18)21(22)24/h6-9,15-16,18-19H,4-5,10-11H2,1-3H3/t15-,16+,18-,19-/m0/s1. The zero-order valence-corrected chi connectivity index (χ0v) is 14.7. The van der Waals surface area contributed by atoms with E-state index in [0.717, 1.165) is 31.4 Å². The van der Waals surface area contributed by atoms with Crippen molar-refractivity contribution < 1.29 is 9.59 Å². The van der Waals surface area contributed by atoms with Gasteiger partial charge >= 0.3 is 0 Å². The van der Waals surface area contributed by atoms with Crippen molar-refractivity contribution >= 4 is 17.5 Å². The van der Waals surface area contributed by atoms with Crippen LogP contribution in [0.15, 0.2) is 35.4 Å². The monoisotopic (exact) mass is 323 g/mol. The number of amides is 2. The van der Waals surface area contributed by atoms with Crippen LogP contribution in [0.5, 0.6) is 0 Å². The van der Waals surface area contributed by atoms with Gasteiger partial charge in [-0.3, -0.25) is 14.5 Å². The smallest absolute Gasteiger partial charge is 0.238 e. The van der Waals surface area contributed by atoms with Crippen LogP contribution in [0.25, 0.3) is 0 Å². The molecule has 0 aromatic heterocycles. The van der Waals surface area contributed by atoms with Crippen molar-refractivity contribution in [3.8, 4) is 0 Å². The molecule has 3 heteroatoms. The van der Waals surface area contributed by atoms with Gasteiger partial charge < -0.3 is 0 Å². The summed E-state index contributed by atoms with van der Waals surface area (Å²) in [5, 5.41) is 0. The normalized spacial score (nSPS) is 31.1. The maximum atomic E-state index is 13.0. The summed E-state index contributed by atoms with van der Waals surface area (Å²) < 4.78 is 0. The summed E-state index contributed by atoms with van der Waals surface area (Å²) in [5.41, 5.74) is 4.72. The number of anilines is 1. The van der Waals surface area contributed by atoms with Gasteiger partial charge in [-0.2, -0.15) is 0 Å². The molecule has 2 aliphatic carbocycles. The van der Waals surface area contributed by atoms with E-state index in [9.17, 15) is 9.59 Å². The van der Waals surface area contributed by atoms with Crippen molar-refractivity contribution in [2.45, 2.75) is 46.5 Å². The van der Waals surface area contributed by atoms with Crippen molar-refractivity contribution in [3.63, 3.8) is 0 Å². The maximum absolute atomic E-state index is 13.0. The SMILES string of the molecule is CCCc1ccc(N2C(=O)[C@@H]3[C@@H](C2=O)[C@H]2CC[C@@H]3C2=C(C)C)cc1. The van der Waals surface area contributed by atoms with E-state index in [1.54, 1.807) is 0 Å². The Labute approximate surface area is 143 Å². The van der Waals surface area contributed by atoms with Gasteiger partial charge in [0.15, 0.2) is 0 Å². The Morgan fingerprint density at radius 1 is 1.00 bits per heavy atom. The second-order valence-electron chi connectivity index (χ2n) is 7.73. The van der Waals surface area contributed by atoms with E-state index in [0.29, 0.717) is 11.8 Å². The molecule has 3 nitrogen and oxygen atoms in total. The predicted molar refractivity (Wildman–Crippen MR) is 94.5 cm³/mol. The number of hydrogen-bond acceptors (Lipinski definition) is 2. The average molecular weight is 323 g/mol. The van der Waals surface area contributed by atoms with E-state index in [-0.39, 0.29) is 23.7 Å². The summed E-state index contributed by atoms with van der Waals surface area (Å²) in [7, 11) is 0. The van der Waals surface area contributed by atoms with Crippen LogP contribution < -0.4 is 4.90 Å². The summed E-state index contributed by atoms with van der Waals surface area (Å²) >= 11 is 0. The average Bonchev–Trinajstić information content (AvgIpc) is 3.19. The summed E-state index contributed by atoms with van der Waals surface area (Å²) in [6.45, 7) is 6.40. The zero-order valence-electron chi connectivity index (χ0n) is 14.7. The third kappa shape index (κ3) is 2.03. The van der Waals surface area contributed by atoms with Crippen molar-refractivity contribution in [3.05, 3.63) is 41.0 Å². The number of fused-ring (bicyclic) bond motifs is 5. The van der Waals surface area contributed by atoms with Gasteiger partial charge in [-0.25, -0.2) is 0 Å². The molecular weight excluding hydrogens is 298 g/mol. The quantitative estimate of drug-likeness (QED) is 0.620. The van der Waals surface area contributed by atoms with E-state index in [4.69, 9.17) is 0 Å². The first-order valence-electron chi connectivity index (χ1n) is 9.18. The second-order valence-corrected chi connectivity index (χ2v) is 7.73. The molecule has 1 aromatic carbocycles. The number of allylic oxidation sites excluding steroid dienone is 2. The van der Waals surface area contributed by atoms with E-state index < -0.39 is 0 Å². The van der Waals surface area contributed by atoms with Gasteiger partial charge in [0.1, 0.15) is 0 Å². The lowest BCUT2D eigenvalue weighted by Crippen LogP contribution is -2.33. The van der Waals surface area contributed by atoms with Crippen molar-refractivity contribution in [2.24, 2.45) is 23.7 Å². The highest BCUT2D eigenvalue weighted by atomic mass is 16.2. The molecule has 4 atom stereocenters. The zero-order chi connectivity index (χ0) is 17.0. The fraction of sp³-hybridized carbons (Fsp3) is 0.524. The lowest BCUT2D eigenvalue weighted by molar-refractivity contribution is -0.123. The fourth-order valence-electron chi connectivity index (χ4n) is 5.35. The lowest BCUT2D eigenvalue weighted by atomic mass is 9.81. The van der Waals surface area contributed by atoms with Crippen LogP contribution in [-0.4, -0.2) is 11.8 Å². The first-order valence-corrected chi connectivity index (χ1v) is 9.18. The minimum absolute atomic E-state index is 0.0270. The van der Waals surface area contributed by atoms with E-state index in [1.807, 2.05) is 24.3 Å².